The number of nitrogens with one attached hydrogen (secondary N) is 1. The summed E-state index contributed by atoms with van der Waals surface area (Å²) in [7, 11) is 0. The summed E-state index contributed by atoms with van der Waals surface area (Å²) in [6, 6.07) is 18.2. The normalized spacial score (nSPS) is 11.1. The van der Waals surface area contributed by atoms with Crippen molar-refractivity contribution in [1.82, 2.24) is 0 Å². The van der Waals surface area contributed by atoms with Crippen molar-refractivity contribution in [2.24, 2.45) is 0 Å². The highest BCUT2D eigenvalue weighted by Gasteiger charge is 2.33. The van der Waals surface area contributed by atoms with E-state index >= 15 is 0 Å². The van der Waals surface area contributed by atoms with E-state index in [0.717, 1.165) is 11.6 Å². The smallest absolute Gasteiger partial charge is 0.418 e. The molecule has 0 radical (unpaired) electrons. The maximum atomic E-state index is 13.0. The van der Waals surface area contributed by atoms with Gasteiger partial charge in [-0.2, -0.15) is 13.2 Å². The topological polar surface area (TPSA) is 38.3 Å². The van der Waals surface area contributed by atoms with Crippen LogP contribution in [0.5, 0.6) is 5.75 Å². The molecule has 1 N–H and O–H groups in total. The number of ether oxygens (including phenoxy) is 1. The van der Waals surface area contributed by atoms with E-state index in [-0.39, 0.29) is 17.9 Å². The molecule has 0 spiro atoms. The van der Waals surface area contributed by atoms with E-state index < -0.39 is 17.6 Å². The highest BCUT2D eigenvalue weighted by Crippen LogP contribution is 2.34. The number of benzene rings is 3. The molecule has 0 fully saturated rings. The molecule has 0 unspecified atom stereocenters. The molecule has 0 aromatic heterocycles. The zero-order valence-corrected chi connectivity index (χ0v) is 15.2. The summed E-state index contributed by atoms with van der Waals surface area (Å²) >= 11 is 6.07. The highest BCUT2D eigenvalue weighted by molar-refractivity contribution is 6.31. The van der Waals surface area contributed by atoms with Gasteiger partial charge in [0.2, 0.25) is 0 Å². The van der Waals surface area contributed by atoms with Crippen LogP contribution in [0.2, 0.25) is 5.02 Å². The van der Waals surface area contributed by atoms with Crippen molar-refractivity contribution >= 4 is 23.2 Å². The third kappa shape index (κ3) is 4.84. The molecule has 3 aromatic carbocycles. The lowest BCUT2D eigenvalue weighted by atomic mass is 10.1. The molecule has 144 valence electrons. The number of hydrogen-bond donors (Lipinski definition) is 1. The van der Waals surface area contributed by atoms with E-state index in [4.69, 9.17) is 16.3 Å². The fraction of sp³-hybridized carbons (Fsp3) is 0.0952. The largest absolute Gasteiger partial charge is 0.489 e. The summed E-state index contributed by atoms with van der Waals surface area (Å²) in [6.07, 6.45) is -4.56. The van der Waals surface area contributed by atoms with Crippen molar-refractivity contribution < 1.29 is 22.7 Å². The molecule has 3 nitrogen and oxygen atoms in total. The molecule has 28 heavy (non-hydrogen) atoms. The lowest BCUT2D eigenvalue weighted by molar-refractivity contribution is -0.136. The molecule has 0 aliphatic heterocycles. The molecule has 1 amide bonds. The summed E-state index contributed by atoms with van der Waals surface area (Å²) in [5, 5.41) is 2.89. The van der Waals surface area contributed by atoms with Crippen LogP contribution in [-0.4, -0.2) is 5.91 Å². The number of rotatable bonds is 5. The first-order valence-corrected chi connectivity index (χ1v) is 8.66. The summed E-state index contributed by atoms with van der Waals surface area (Å²) in [6.45, 7) is 0.254. The Labute approximate surface area is 164 Å². The lowest BCUT2D eigenvalue weighted by Gasteiger charge is -2.13. The minimum Gasteiger partial charge on any atom is -0.489 e. The van der Waals surface area contributed by atoms with Crippen LogP contribution in [0.15, 0.2) is 72.8 Å². The van der Waals surface area contributed by atoms with Gasteiger partial charge in [-0.25, -0.2) is 0 Å². The Morgan fingerprint density at radius 1 is 0.929 bits per heavy atom. The van der Waals surface area contributed by atoms with Crippen LogP contribution in [0.3, 0.4) is 0 Å². The molecule has 0 atom stereocenters. The molecule has 0 aliphatic carbocycles. The van der Waals surface area contributed by atoms with Gasteiger partial charge in [0.25, 0.3) is 5.91 Å². The van der Waals surface area contributed by atoms with Gasteiger partial charge in [0.1, 0.15) is 12.4 Å². The molecule has 7 heteroatoms. The minimum absolute atomic E-state index is 0.210. The van der Waals surface area contributed by atoms with Crippen molar-refractivity contribution in [3.63, 3.8) is 0 Å². The first-order chi connectivity index (χ1) is 13.3. The van der Waals surface area contributed by atoms with Gasteiger partial charge in [-0.05, 0) is 42.5 Å². The van der Waals surface area contributed by atoms with E-state index in [1.54, 1.807) is 18.2 Å². The van der Waals surface area contributed by atoms with Gasteiger partial charge in [0.15, 0.2) is 0 Å². The first kappa shape index (κ1) is 19.8. The molecular weight excluding hydrogens is 391 g/mol. The Morgan fingerprint density at radius 3 is 2.25 bits per heavy atom. The van der Waals surface area contributed by atoms with E-state index in [9.17, 15) is 18.0 Å². The maximum Gasteiger partial charge on any atom is 0.418 e. The zero-order chi connectivity index (χ0) is 20.1. The van der Waals surface area contributed by atoms with Crippen LogP contribution in [-0.2, 0) is 12.8 Å². The van der Waals surface area contributed by atoms with Crippen molar-refractivity contribution in [2.45, 2.75) is 12.8 Å². The van der Waals surface area contributed by atoms with Crippen molar-refractivity contribution in [3.8, 4) is 5.75 Å². The van der Waals surface area contributed by atoms with Crippen LogP contribution in [0, 0.1) is 0 Å². The summed E-state index contributed by atoms with van der Waals surface area (Å²) < 4.78 is 44.7. The third-order valence-corrected chi connectivity index (χ3v) is 4.32. The molecule has 3 rings (SSSR count). The van der Waals surface area contributed by atoms with Gasteiger partial charge in [-0.15, -0.1) is 0 Å². The molecule has 0 aliphatic rings. The van der Waals surface area contributed by atoms with Crippen molar-refractivity contribution in [1.29, 1.82) is 0 Å². The molecule has 0 saturated heterocycles. The van der Waals surface area contributed by atoms with Crippen LogP contribution in [0.1, 0.15) is 21.5 Å². The Kier molecular flexibility index (Phi) is 5.90. The third-order valence-electron chi connectivity index (χ3n) is 3.95. The highest BCUT2D eigenvalue weighted by atomic mass is 35.5. The Morgan fingerprint density at radius 2 is 1.57 bits per heavy atom. The molecule has 0 heterocycles. The maximum absolute atomic E-state index is 13.0. The monoisotopic (exact) mass is 405 g/mol. The second-order valence-electron chi connectivity index (χ2n) is 5.90. The molecule has 3 aromatic rings. The zero-order valence-electron chi connectivity index (χ0n) is 14.5. The molecule has 0 bridgehead atoms. The second-order valence-corrected chi connectivity index (χ2v) is 6.31. The van der Waals surface area contributed by atoms with Gasteiger partial charge in [-0.3, -0.25) is 4.79 Å². The van der Waals surface area contributed by atoms with E-state index in [1.165, 1.54) is 30.3 Å². The number of amides is 1. The van der Waals surface area contributed by atoms with Gasteiger partial charge in [0.05, 0.1) is 11.3 Å². The molecule has 0 saturated carbocycles. The summed E-state index contributed by atoms with van der Waals surface area (Å²) in [5.74, 6) is -0.137. The van der Waals surface area contributed by atoms with Crippen LogP contribution in [0.4, 0.5) is 18.9 Å². The van der Waals surface area contributed by atoms with Crippen LogP contribution >= 0.6 is 11.6 Å². The van der Waals surface area contributed by atoms with Gasteiger partial charge < -0.3 is 10.1 Å². The second kappa shape index (κ2) is 8.35. The fourth-order valence-electron chi connectivity index (χ4n) is 2.51. The predicted octanol–water partition coefficient (Wildman–Crippen LogP) is 6.19. The number of carbonyl (C=O) groups excluding carboxylic acids is 1. The number of carbonyl (C=O) groups is 1. The average molecular weight is 406 g/mol. The number of para-hydroxylation sites is 1. The summed E-state index contributed by atoms with van der Waals surface area (Å²) in [4.78, 5) is 12.3. The SMILES string of the molecule is O=C(Nc1ccccc1C(F)(F)F)c1ccc(OCc2ccccc2Cl)cc1. The van der Waals surface area contributed by atoms with Crippen LogP contribution in [0.25, 0.3) is 0 Å². The number of halogens is 4. The summed E-state index contributed by atoms with van der Waals surface area (Å²) in [5.41, 5.74) is -0.168. The number of hydrogen-bond acceptors (Lipinski definition) is 2. The predicted molar refractivity (Wildman–Crippen MR) is 102 cm³/mol. The van der Waals surface area contributed by atoms with Crippen molar-refractivity contribution in [2.75, 3.05) is 5.32 Å². The van der Waals surface area contributed by atoms with Gasteiger partial charge in [-0.1, -0.05) is 41.9 Å². The Hall–Kier alpha value is -2.99. The van der Waals surface area contributed by atoms with E-state index in [1.807, 2.05) is 18.2 Å². The van der Waals surface area contributed by atoms with E-state index in [0.29, 0.717) is 10.8 Å². The first-order valence-electron chi connectivity index (χ1n) is 8.28. The standard InChI is InChI=1S/C21H15ClF3NO2/c22-18-7-3-1-5-15(18)13-28-16-11-9-14(10-12-16)20(27)26-19-8-4-2-6-17(19)21(23,24)25/h1-12H,13H2,(H,26,27). The Bertz CT molecular complexity index is 972. The average Bonchev–Trinajstić information content (AvgIpc) is 2.67. The quantitative estimate of drug-likeness (QED) is 0.549. The number of alkyl halides is 3. The Balaban J connectivity index is 1.67. The van der Waals surface area contributed by atoms with Crippen molar-refractivity contribution in [3.05, 3.63) is 94.5 Å². The van der Waals surface area contributed by atoms with Crippen LogP contribution < -0.4 is 10.1 Å². The van der Waals surface area contributed by atoms with Gasteiger partial charge in [0, 0.05) is 16.1 Å². The lowest BCUT2D eigenvalue weighted by Crippen LogP contribution is -2.16. The number of anilines is 1. The minimum atomic E-state index is -4.56. The molecular formula is C21H15ClF3NO2. The fourth-order valence-corrected chi connectivity index (χ4v) is 2.70. The van der Waals surface area contributed by atoms with Gasteiger partial charge >= 0.3 is 6.18 Å². The van der Waals surface area contributed by atoms with E-state index in [2.05, 4.69) is 5.32 Å².